The van der Waals surface area contributed by atoms with E-state index in [4.69, 9.17) is 4.74 Å². The molecule has 0 aliphatic heterocycles. The zero-order valence-corrected chi connectivity index (χ0v) is 12.0. The highest BCUT2D eigenvalue weighted by Crippen LogP contribution is 2.25. The normalized spacial score (nSPS) is 10.9. The molecule has 0 fully saturated rings. The molecule has 0 bridgehead atoms. The van der Waals surface area contributed by atoms with E-state index in [1.54, 1.807) is 0 Å². The van der Waals surface area contributed by atoms with Crippen molar-refractivity contribution in [2.75, 3.05) is 13.2 Å². The molecule has 0 N–H and O–H groups in total. The summed E-state index contributed by atoms with van der Waals surface area (Å²) in [6.45, 7) is 2.56. The average Bonchev–Trinajstić information content (AvgIpc) is 2.93. The molecule has 3 heteroatoms. The second-order valence-electron chi connectivity index (χ2n) is 4.83. The molecule has 2 aromatic carbocycles. The Morgan fingerprint density at radius 2 is 1.76 bits per heavy atom. The molecule has 3 rings (SSSR count). The average molecular weight is 279 g/mol. The van der Waals surface area contributed by atoms with Crippen LogP contribution in [0.1, 0.15) is 17.3 Å². The van der Waals surface area contributed by atoms with Gasteiger partial charge in [0.05, 0.1) is 5.52 Å². The van der Waals surface area contributed by atoms with Gasteiger partial charge in [-0.1, -0.05) is 36.4 Å². The van der Waals surface area contributed by atoms with Crippen LogP contribution in [0.4, 0.5) is 0 Å². The lowest BCUT2D eigenvalue weighted by Crippen LogP contribution is -2.08. The molecule has 0 spiro atoms. The fourth-order valence-corrected chi connectivity index (χ4v) is 2.48. The highest BCUT2D eigenvalue weighted by Gasteiger charge is 2.15. The van der Waals surface area contributed by atoms with Crippen LogP contribution < -0.4 is 0 Å². The Bertz CT molecular complexity index is 759. The summed E-state index contributed by atoms with van der Waals surface area (Å²) in [5, 5.41) is 0.964. The van der Waals surface area contributed by atoms with Gasteiger partial charge in [0.2, 0.25) is 0 Å². The maximum Gasteiger partial charge on any atom is 0.190 e. The summed E-state index contributed by atoms with van der Waals surface area (Å²) < 4.78 is 7.30. The number of nitrogens with zero attached hydrogens (tertiary/aromatic N) is 1. The molecule has 0 amide bonds. The lowest BCUT2D eigenvalue weighted by molar-refractivity contribution is 0.0785. The van der Waals surface area contributed by atoms with Crippen LogP contribution in [0, 0.1) is 0 Å². The number of ketones is 1. The van der Waals surface area contributed by atoms with Crippen molar-refractivity contribution in [2.45, 2.75) is 6.92 Å². The van der Waals surface area contributed by atoms with Crippen LogP contribution in [0.15, 0.2) is 60.8 Å². The maximum absolute atomic E-state index is 12.3. The van der Waals surface area contributed by atoms with Crippen molar-refractivity contribution in [1.82, 2.24) is 4.57 Å². The summed E-state index contributed by atoms with van der Waals surface area (Å²) in [5.74, 6) is 0.0164. The first-order valence-electron chi connectivity index (χ1n) is 7.07. The Labute approximate surface area is 123 Å². The van der Waals surface area contributed by atoms with Gasteiger partial charge in [0.1, 0.15) is 6.61 Å². The molecule has 0 unspecified atom stereocenters. The monoisotopic (exact) mass is 279 g/mol. The number of benzene rings is 2. The van der Waals surface area contributed by atoms with E-state index in [9.17, 15) is 4.79 Å². The largest absolute Gasteiger partial charge is 0.374 e. The molecule has 106 valence electrons. The highest BCUT2D eigenvalue weighted by molar-refractivity contribution is 6.09. The van der Waals surface area contributed by atoms with Crippen LogP contribution in [0.3, 0.4) is 0 Å². The van der Waals surface area contributed by atoms with Crippen LogP contribution in [-0.4, -0.2) is 23.6 Å². The Morgan fingerprint density at radius 3 is 2.52 bits per heavy atom. The minimum Gasteiger partial charge on any atom is -0.374 e. The SMILES string of the molecule is CCOCC(=O)c1cn(-c2ccccc2)c2ccccc12. The van der Waals surface area contributed by atoms with Gasteiger partial charge in [-0.05, 0) is 25.1 Å². The molecule has 3 nitrogen and oxygen atoms in total. The van der Waals surface area contributed by atoms with Crippen molar-refractivity contribution in [2.24, 2.45) is 0 Å². The third-order valence-corrected chi connectivity index (χ3v) is 3.48. The number of carbonyl (C=O) groups excluding carboxylic acids is 1. The number of Topliss-reactive ketones (excluding diaryl/α,β-unsaturated/α-hetero) is 1. The molecule has 21 heavy (non-hydrogen) atoms. The predicted octanol–water partition coefficient (Wildman–Crippen LogP) is 3.85. The van der Waals surface area contributed by atoms with E-state index in [-0.39, 0.29) is 12.4 Å². The van der Waals surface area contributed by atoms with E-state index in [2.05, 4.69) is 4.57 Å². The zero-order valence-electron chi connectivity index (χ0n) is 12.0. The van der Waals surface area contributed by atoms with Crippen LogP contribution in [0.5, 0.6) is 0 Å². The summed E-state index contributed by atoms with van der Waals surface area (Å²) in [6, 6.07) is 18.0. The Balaban J connectivity index is 2.13. The molecular formula is C18H17NO2. The van der Waals surface area contributed by atoms with Crippen LogP contribution in [-0.2, 0) is 4.74 Å². The number of carbonyl (C=O) groups is 1. The van der Waals surface area contributed by atoms with Crippen molar-refractivity contribution in [3.8, 4) is 5.69 Å². The molecule has 3 aromatic rings. The predicted molar refractivity (Wildman–Crippen MR) is 84.1 cm³/mol. The first-order chi connectivity index (χ1) is 10.3. The van der Waals surface area contributed by atoms with Crippen molar-refractivity contribution in [3.63, 3.8) is 0 Å². The quantitative estimate of drug-likeness (QED) is 0.664. The van der Waals surface area contributed by atoms with E-state index in [0.29, 0.717) is 12.2 Å². The molecule has 1 aromatic heterocycles. The zero-order chi connectivity index (χ0) is 14.7. The second-order valence-corrected chi connectivity index (χ2v) is 4.83. The minimum absolute atomic E-state index is 0.0164. The lowest BCUT2D eigenvalue weighted by Gasteiger charge is -2.04. The summed E-state index contributed by atoms with van der Waals surface area (Å²) in [4.78, 5) is 12.3. The molecule has 1 heterocycles. The topological polar surface area (TPSA) is 31.2 Å². The standard InChI is InChI=1S/C18H17NO2/c1-2-21-13-18(20)16-12-19(14-8-4-3-5-9-14)17-11-7-6-10-15(16)17/h3-12H,2,13H2,1H3. The first kappa shape index (κ1) is 13.6. The summed E-state index contributed by atoms with van der Waals surface area (Å²) in [6.07, 6.45) is 1.90. The van der Waals surface area contributed by atoms with E-state index in [1.807, 2.05) is 67.7 Å². The van der Waals surface area contributed by atoms with Crippen molar-refractivity contribution in [3.05, 3.63) is 66.4 Å². The summed E-state index contributed by atoms with van der Waals surface area (Å²) in [7, 11) is 0. The summed E-state index contributed by atoms with van der Waals surface area (Å²) in [5.41, 5.74) is 2.79. The van der Waals surface area contributed by atoms with Gasteiger partial charge in [-0.3, -0.25) is 4.79 Å². The molecule has 0 saturated carbocycles. The van der Waals surface area contributed by atoms with E-state index in [1.165, 1.54) is 0 Å². The third-order valence-electron chi connectivity index (χ3n) is 3.48. The minimum atomic E-state index is 0.0164. The lowest BCUT2D eigenvalue weighted by atomic mass is 10.1. The number of ether oxygens (including phenoxy) is 1. The van der Waals surface area contributed by atoms with E-state index < -0.39 is 0 Å². The van der Waals surface area contributed by atoms with Crippen molar-refractivity contribution >= 4 is 16.7 Å². The number of fused-ring (bicyclic) bond motifs is 1. The van der Waals surface area contributed by atoms with Crippen molar-refractivity contribution in [1.29, 1.82) is 0 Å². The number of para-hydroxylation sites is 2. The van der Waals surface area contributed by atoms with E-state index >= 15 is 0 Å². The number of hydrogen-bond acceptors (Lipinski definition) is 2. The van der Waals surface area contributed by atoms with Gasteiger partial charge in [-0.25, -0.2) is 0 Å². The van der Waals surface area contributed by atoms with Gasteiger partial charge in [0, 0.05) is 29.4 Å². The Morgan fingerprint density at radius 1 is 1.05 bits per heavy atom. The molecule has 0 aliphatic carbocycles. The molecule has 0 saturated heterocycles. The summed E-state index contributed by atoms with van der Waals surface area (Å²) >= 11 is 0. The number of rotatable bonds is 5. The first-order valence-corrected chi connectivity index (χ1v) is 7.07. The molecule has 0 aliphatic rings. The fraction of sp³-hybridized carbons (Fsp3) is 0.167. The third kappa shape index (κ3) is 2.60. The van der Waals surface area contributed by atoms with Gasteiger partial charge in [-0.15, -0.1) is 0 Å². The molecule has 0 atom stereocenters. The Kier molecular flexibility index (Phi) is 3.84. The van der Waals surface area contributed by atoms with Gasteiger partial charge in [0.15, 0.2) is 5.78 Å². The van der Waals surface area contributed by atoms with Gasteiger partial charge >= 0.3 is 0 Å². The van der Waals surface area contributed by atoms with Crippen LogP contribution in [0.2, 0.25) is 0 Å². The van der Waals surface area contributed by atoms with Crippen LogP contribution >= 0.6 is 0 Å². The smallest absolute Gasteiger partial charge is 0.190 e. The van der Waals surface area contributed by atoms with Gasteiger partial charge in [0.25, 0.3) is 0 Å². The van der Waals surface area contributed by atoms with Crippen LogP contribution in [0.25, 0.3) is 16.6 Å². The number of aromatic nitrogens is 1. The van der Waals surface area contributed by atoms with Gasteiger partial charge in [-0.2, -0.15) is 0 Å². The number of hydrogen-bond donors (Lipinski definition) is 0. The Hall–Kier alpha value is -2.39. The maximum atomic E-state index is 12.3. The molecule has 0 radical (unpaired) electrons. The molecular weight excluding hydrogens is 262 g/mol. The van der Waals surface area contributed by atoms with Gasteiger partial charge < -0.3 is 9.30 Å². The fourth-order valence-electron chi connectivity index (χ4n) is 2.48. The van der Waals surface area contributed by atoms with Crippen molar-refractivity contribution < 1.29 is 9.53 Å². The second kappa shape index (κ2) is 5.94. The highest BCUT2D eigenvalue weighted by atomic mass is 16.5. The van der Waals surface area contributed by atoms with E-state index in [0.717, 1.165) is 16.6 Å².